The molecule has 0 spiro atoms. The molecule has 0 aliphatic carbocycles. The Hall–Kier alpha value is -1.06. The number of carbonyl (C=O) groups is 1. The van der Waals surface area contributed by atoms with Crippen molar-refractivity contribution in [1.82, 2.24) is 4.90 Å². The van der Waals surface area contributed by atoms with Crippen molar-refractivity contribution >= 4 is 18.3 Å². The van der Waals surface area contributed by atoms with Gasteiger partial charge in [-0.05, 0) is 43.5 Å². The summed E-state index contributed by atoms with van der Waals surface area (Å²) >= 11 is 0. The first-order valence-electron chi connectivity index (χ1n) is 5.70. The van der Waals surface area contributed by atoms with E-state index in [1.807, 2.05) is 30.0 Å². The van der Waals surface area contributed by atoms with Crippen molar-refractivity contribution in [1.29, 1.82) is 0 Å². The molecule has 2 rings (SSSR count). The number of likely N-dealkylation sites (tertiary alicyclic amines) is 1. The third kappa shape index (κ3) is 2.99. The summed E-state index contributed by atoms with van der Waals surface area (Å²) in [6.07, 6.45) is 0.913. The fraction of sp³-hybridized carbons (Fsp3) is 0.462. The smallest absolute Gasteiger partial charge is 0.253 e. The maximum absolute atomic E-state index is 12.1. The Bertz CT molecular complexity index is 420. The number of rotatable bonds is 1. The van der Waals surface area contributed by atoms with Crippen LogP contribution in [-0.4, -0.2) is 29.9 Å². The number of nitrogens with zero attached hydrogens (tertiary/aromatic N) is 1. The Kier molecular flexibility index (Phi) is 4.54. The summed E-state index contributed by atoms with van der Waals surface area (Å²) < 4.78 is 0. The molecule has 1 saturated heterocycles. The molecule has 1 fully saturated rings. The van der Waals surface area contributed by atoms with Crippen molar-refractivity contribution in [3.63, 3.8) is 0 Å². The number of benzene rings is 1. The predicted octanol–water partition coefficient (Wildman–Crippen LogP) is 1.90. The van der Waals surface area contributed by atoms with Crippen LogP contribution in [0.1, 0.15) is 27.9 Å². The molecule has 1 aromatic rings. The van der Waals surface area contributed by atoms with Gasteiger partial charge < -0.3 is 10.6 Å². The monoisotopic (exact) mass is 254 g/mol. The zero-order valence-corrected chi connectivity index (χ0v) is 11.1. The zero-order chi connectivity index (χ0) is 11.7. The first-order valence-corrected chi connectivity index (χ1v) is 5.70. The van der Waals surface area contributed by atoms with Crippen LogP contribution in [0.5, 0.6) is 0 Å². The third-order valence-corrected chi connectivity index (χ3v) is 3.27. The lowest BCUT2D eigenvalue weighted by Crippen LogP contribution is -2.31. The standard InChI is InChI=1S/C13H18N2O.ClH/c1-9-3-4-11(7-10(9)2)13(16)15-6-5-12(14)8-15;/h3-4,7,12H,5-6,8,14H2,1-2H3;1H/t12-;/m1./s1. The van der Waals surface area contributed by atoms with Crippen molar-refractivity contribution in [3.8, 4) is 0 Å². The zero-order valence-electron chi connectivity index (χ0n) is 10.3. The van der Waals surface area contributed by atoms with Crippen molar-refractivity contribution in [2.45, 2.75) is 26.3 Å². The van der Waals surface area contributed by atoms with E-state index >= 15 is 0 Å². The largest absolute Gasteiger partial charge is 0.337 e. The van der Waals surface area contributed by atoms with Crippen LogP contribution in [0.25, 0.3) is 0 Å². The molecule has 1 atom stereocenters. The van der Waals surface area contributed by atoms with Crippen LogP contribution in [0, 0.1) is 13.8 Å². The summed E-state index contributed by atoms with van der Waals surface area (Å²) in [5.74, 6) is 0.107. The number of nitrogens with two attached hydrogens (primary N) is 1. The molecule has 1 aliphatic heterocycles. The Morgan fingerprint density at radius 3 is 2.59 bits per heavy atom. The van der Waals surface area contributed by atoms with Crippen LogP contribution in [-0.2, 0) is 0 Å². The molecule has 4 heteroatoms. The fourth-order valence-electron chi connectivity index (χ4n) is 2.03. The van der Waals surface area contributed by atoms with Crippen LogP contribution in [0.4, 0.5) is 0 Å². The van der Waals surface area contributed by atoms with Gasteiger partial charge in [0.25, 0.3) is 5.91 Å². The predicted molar refractivity (Wildman–Crippen MR) is 71.7 cm³/mol. The lowest BCUT2D eigenvalue weighted by atomic mass is 10.1. The molecule has 0 saturated carbocycles. The highest BCUT2D eigenvalue weighted by Gasteiger charge is 2.24. The molecule has 2 N–H and O–H groups in total. The molecule has 94 valence electrons. The average Bonchev–Trinajstić information content (AvgIpc) is 2.68. The van der Waals surface area contributed by atoms with Gasteiger partial charge in [-0.15, -0.1) is 12.4 Å². The second kappa shape index (κ2) is 5.52. The van der Waals surface area contributed by atoms with E-state index in [4.69, 9.17) is 5.73 Å². The number of halogens is 1. The van der Waals surface area contributed by atoms with E-state index in [9.17, 15) is 4.79 Å². The number of amides is 1. The number of aryl methyl sites for hydroxylation is 2. The molecule has 17 heavy (non-hydrogen) atoms. The molecule has 0 aromatic heterocycles. The van der Waals surface area contributed by atoms with Gasteiger partial charge in [-0.1, -0.05) is 6.07 Å². The van der Waals surface area contributed by atoms with Gasteiger partial charge >= 0.3 is 0 Å². The molecule has 1 heterocycles. The lowest BCUT2D eigenvalue weighted by molar-refractivity contribution is 0.0791. The third-order valence-electron chi connectivity index (χ3n) is 3.27. The highest BCUT2D eigenvalue weighted by Crippen LogP contribution is 2.15. The SMILES string of the molecule is Cc1ccc(C(=O)N2CC[C@@H](N)C2)cc1C.Cl. The summed E-state index contributed by atoms with van der Waals surface area (Å²) in [6.45, 7) is 5.55. The molecule has 1 aromatic carbocycles. The minimum absolute atomic E-state index is 0. The molecule has 0 radical (unpaired) electrons. The number of hydrogen-bond donors (Lipinski definition) is 1. The van der Waals surface area contributed by atoms with Crippen molar-refractivity contribution in [2.75, 3.05) is 13.1 Å². The van der Waals surface area contributed by atoms with E-state index in [0.29, 0.717) is 6.54 Å². The van der Waals surface area contributed by atoms with Crippen LogP contribution in [0.3, 0.4) is 0 Å². The van der Waals surface area contributed by atoms with Gasteiger partial charge in [0, 0.05) is 24.7 Å². The van der Waals surface area contributed by atoms with Crippen LogP contribution in [0.15, 0.2) is 18.2 Å². The van der Waals surface area contributed by atoms with Crippen LogP contribution >= 0.6 is 12.4 Å². The van der Waals surface area contributed by atoms with Crippen LogP contribution < -0.4 is 5.73 Å². The second-order valence-electron chi connectivity index (χ2n) is 4.60. The fourth-order valence-corrected chi connectivity index (χ4v) is 2.03. The number of hydrogen-bond acceptors (Lipinski definition) is 2. The average molecular weight is 255 g/mol. The normalized spacial score (nSPS) is 19.0. The van der Waals surface area contributed by atoms with E-state index in [1.54, 1.807) is 0 Å². The highest BCUT2D eigenvalue weighted by atomic mass is 35.5. The van der Waals surface area contributed by atoms with E-state index < -0.39 is 0 Å². The molecule has 1 aliphatic rings. The van der Waals surface area contributed by atoms with Gasteiger partial charge in [-0.2, -0.15) is 0 Å². The molecular formula is C13H19ClN2O. The molecule has 3 nitrogen and oxygen atoms in total. The molecular weight excluding hydrogens is 236 g/mol. The summed E-state index contributed by atoms with van der Waals surface area (Å²) in [6, 6.07) is 6.00. The first-order chi connectivity index (χ1) is 7.58. The minimum atomic E-state index is 0. The van der Waals surface area contributed by atoms with E-state index in [0.717, 1.165) is 24.1 Å². The topological polar surface area (TPSA) is 46.3 Å². The van der Waals surface area contributed by atoms with Gasteiger partial charge in [-0.3, -0.25) is 4.79 Å². The van der Waals surface area contributed by atoms with Gasteiger partial charge in [0.1, 0.15) is 0 Å². The summed E-state index contributed by atoms with van der Waals surface area (Å²) in [5.41, 5.74) is 8.96. The van der Waals surface area contributed by atoms with Gasteiger partial charge in [0.2, 0.25) is 0 Å². The van der Waals surface area contributed by atoms with Gasteiger partial charge in [-0.25, -0.2) is 0 Å². The Morgan fingerprint density at radius 1 is 1.35 bits per heavy atom. The summed E-state index contributed by atoms with van der Waals surface area (Å²) in [5, 5.41) is 0. The quantitative estimate of drug-likeness (QED) is 0.832. The Morgan fingerprint density at radius 2 is 2.06 bits per heavy atom. The van der Waals surface area contributed by atoms with Crippen molar-refractivity contribution in [3.05, 3.63) is 34.9 Å². The van der Waals surface area contributed by atoms with Gasteiger partial charge in [0.15, 0.2) is 0 Å². The molecule has 0 bridgehead atoms. The maximum atomic E-state index is 12.1. The minimum Gasteiger partial charge on any atom is -0.337 e. The number of carbonyl (C=O) groups excluding carboxylic acids is 1. The van der Waals surface area contributed by atoms with E-state index in [2.05, 4.69) is 6.92 Å². The summed E-state index contributed by atoms with van der Waals surface area (Å²) in [7, 11) is 0. The van der Waals surface area contributed by atoms with E-state index in [-0.39, 0.29) is 24.4 Å². The molecule has 0 unspecified atom stereocenters. The Labute approximate surface area is 108 Å². The first kappa shape index (κ1) is 14.0. The van der Waals surface area contributed by atoms with E-state index in [1.165, 1.54) is 5.56 Å². The lowest BCUT2D eigenvalue weighted by Gasteiger charge is -2.16. The summed E-state index contributed by atoms with van der Waals surface area (Å²) in [4.78, 5) is 14.0. The van der Waals surface area contributed by atoms with Crippen molar-refractivity contribution in [2.24, 2.45) is 5.73 Å². The molecule has 1 amide bonds. The second-order valence-corrected chi connectivity index (χ2v) is 4.60. The van der Waals surface area contributed by atoms with Gasteiger partial charge in [0.05, 0.1) is 0 Å². The maximum Gasteiger partial charge on any atom is 0.253 e. The Balaban J connectivity index is 0.00000144. The van der Waals surface area contributed by atoms with Crippen LogP contribution in [0.2, 0.25) is 0 Å². The van der Waals surface area contributed by atoms with Crippen molar-refractivity contribution < 1.29 is 4.79 Å². The highest BCUT2D eigenvalue weighted by molar-refractivity contribution is 5.94.